The summed E-state index contributed by atoms with van der Waals surface area (Å²) in [7, 11) is 1.29. The fourth-order valence-electron chi connectivity index (χ4n) is 2.57. The summed E-state index contributed by atoms with van der Waals surface area (Å²) in [6, 6.07) is 9.23. The van der Waals surface area contributed by atoms with E-state index in [0.717, 1.165) is 12.2 Å². The van der Waals surface area contributed by atoms with Gasteiger partial charge in [0.25, 0.3) is 0 Å². The second-order valence-electron chi connectivity index (χ2n) is 6.13. The third kappa shape index (κ3) is 5.11. The Kier molecular flexibility index (Phi) is 6.22. The van der Waals surface area contributed by atoms with Crippen LogP contribution in [-0.2, 0) is 22.6 Å². The first-order chi connectivity index (χ1) is 11.9. The Hall–Kier alpha value is -2.76. The van der Waals surface area contributed by atoms with Gasteiger partial charge in [0, 0.05) is 18.4 Å². The zero-order valence-corrected chi connectivity index (χ0v) is 15.1. The normalized spacial score (nSPS) is 11.7. The number of urea groups is 1. The number of amides is 2. The van der Waals surface area contributed by atoms with Gasteiger partial charge in [0.2, 0.25) is 0 Å². The van der Waals surface area contributed by atoms with E-state index < -0.39 is 18.0 Å². The van der Waals surface area contributed by atoms with Crippen LogP contribution in [0.2, 0.25) is 0 Å². The molecule has 1 aromatic heterocycles. The minimum atomic E-state index is -0.688. The first kappa shape index (κ1) is 18.6. The van der Waals surface area contributed by atoms with Gasteiger partial charge in [-0.15, -0.1) is 0 Å². The highest BCUT2D eigenvalue weighted by molar-refractivity contribution is 5.83. The Morgan fingerprint density at radius 1 is 1.24 bits per heavy atom. The third-order valence-corrected chi connectivity index (χ3v) is 4.10. The number of rotatable bonds is 6. The molecule has 1 aromatic carbocycles. The minimum Gasteiger partial charge on any atom is -0.467 e. The van der Waals surface area contributed by atoms with Crippen LogP contribution in [0.25, 0.3) is 0 Å². The fraction of sp³-hybridized carbons (Fsp3) is 0.368. The number of carbonyl (C=O) groups excluding carboxylic acids is 2. The number of aryl methyl sites for hydroxylation is 2. The monoisotopic (exact) mass is 343 g/mol. The van der Waals surface area contributed by atoms with Crippen LogP contribution in [0, 0.1) is 13.8 Å². The third-order valence-electron chi connectivity index (χ3n) is 4.10. The number of esters is 1. The highest BCUT2D eigenvalue weighted by Crippen LogP contribution is 2.14. The minimum absolute atomic E-state index is 0.373. The van der Waals surface area contributed by atoms with Crippen molar-refractivity contribution in [1.82, 2.24) is 15.2 Å². The maximum Gasteiger partial charge on any atom is 0.328 e. The summed E-state index contributed by atoms with van der Waals surface area (Å²) in [5.74, 6) is -0.478. The predicted octanol–water partition coefficient (Wildman–Crippen LogP) is 2.51. The van der Waals surface area contributed by atoms with E-state index in [4.69, 9.17) is 0 Å². The number of benzene rings is 1. The molecule has 2 aromatic rings. The molecule has 134 valence electrons. The maximum atomic E-state index is 11.9. The average molecular weight is 343 g/mol. The molecule has 2 N–H and O–H groups in total. The van der Waals surface area contributed by atoms with Gasteiger partial charge in [0.05, 0.1) is 13.7 Å². The van der Waals surface area contributed by atoms with Gasteiger partial charge in [-0.3, -0.25) is 0 Å². The molecule has 0 bridgehead atoms. The summed E-state index contributed by atoms with van der Waals surface area (Å²) in [6.45, 7) is 6.87. The Bertz CT molecular complexity index is 752. The van der Waals surface area contributed by atoms with E-state index in [0.29, 0.717) is 6.54 Å². The number of nitrogens with zero attached hydrogens (tertiary/aromatic N) is 1. The van der Waals surface area contributed by atoms with Crippen molar-refractivity contribution in [3.8, 4) is 0 Å². The molecule has 25 heavy (non-hydrogen) atoms. The molecule has 0 saturated heterocycles. The van der Waals surface area contributed by atoms with Crippen LogP contribution in [0.1, 0.15) is 29.3 Å². The van der Waals surface area contributed by atoms with E-state index in [1.54, 1.807) is 6.92 Å². The number of hydrogen-bond donors (Lipinski definition) is 2. The zero-order valence-electron chi connectivity index (χ0n) is 15.1. The number of aromatic nitrogens is 1. The quantitative estimate of drug-likeness (QED) is 0.792. The van der Waals surface area contributed by atoms with E-state index in [2.05, 4.69) is 52.0 Å². The molecule has 0 aliphatic heterocycles. The SMILES string of the molecule is COC(=O)[C@H](C)NC(=O)NCc1cccn1Cc1cc(C)ccc1C. The van der Waals surface area contributed by atoms with Crippen LogP contribution < -0.4 is 10.6 Å². The van der Waals surface area contributed by atoms with E-state index in [1.807, 2.05) is 18.3 Å². The Morgan fingerprint density at radius 2 is 2.00 bits per heavy atom. The largest absolute Gasteiger partial charge is 0.467 e. The summed E-state index contributed by atoms with van der Waals surface area (Å²) in [5, 5.41) is 5.31. The van der Waals surface area contributed by atoms with E-state index >= 15 is 0 Å². The van der Waals surface area contributed by atoms with Crippen LogP contribution in [0.4, 0.5) is 4.79 Å². The molecule has 0 radical (unpaired) electrons. The van der Waals surface area contributed by atoms with Gasteiger partial charge in [-0.05, 0) is 44.0 Å². The fourth-order valence-corrected chi connectivity index (χ4v) is 2.57. The number of methoxy groups -OCH3 is 1. The molecule has 1 heterocycles. The Morgan fingerprint density at radius 3 is 2.72 bits per heavy atom. The molecule has 0 aliphatic rings. The standard InChI is InChI=1S/C19H25N3O3/c1-13-7-8-14(2)16(10-13)12-22-9-5-6-17(22)11-20-19(24)21-15(3)18(23)25-4/h5-10,15H,11-12H2,1-4H3,(H2,20,21,24)/t15-/m0/s1. The molecule has 6 heteroatoms. The van der Waals surface area contributed by atoms with Crippen LogP contribution in [-0.4, -0.2) is 29.7 Å². The lowest BCUT2D eigenvalue weighted by atomic mass is 10.1. The molecule has 2 amide bonds. The van der Waals surface area contributed by atoms with Crippen molar-refractivity contribution in [2.24, 2.45) is 0 Å². The van der Waals surface area contributed by atoms with Gasteiger partial charge in [-0.2, -0.15) is 0 Å². The molecule has 0 unspecified atom stereocenters. The van der Waals surface area contributed by atoms with Gasteiger partial charge in [-0.25, -0.2) is 9.59 Å². The van der Waals surface area contributed by atoms with Crippen molar-refractivity contribution in [3.63, 3.8) is 0 Å². The summed E-state index contributed by atoms with van der Waals surface area (Å²) in [4.78, 5) is 23.2. The lowest BCUT2D eigenvalue weighted by Gasteiger charge is -2.15. The highest BCUT2D eigenvalue weighted by Gasteiger charge is 2.15. The molecule has 0 aliphatic carbocycles. The van der Waals surface area contributed by atoms with Crippen LogP contribution >= 0.6 is 0 Å². The van der Waals surface area contributed by atoms with Crippen molar-refractivity contribution < 1.29 is 14.3 Å². The summed E-state index contributed by atoms with van der Waals surface area (Å²) < 4.78 is 6.69. The maximum absolute atomic E-state index is 11.9. The molecule has 0 fully saturated rings. The number of ether oxygens (including phenoxy) is 1. The van der Waals surface area contributed by atoms with Crippen molar-refractivity contribution in [1.29, 1.82) is 0 Å². The number of carbonyl (C=O) groups is 2. The molecule has 1 atom stereocenters. The van der Waals surface area contributed by atoms with Crippen molar-refractivity contribution in [2.45, 2.75) is 39.9 Å². The van der Waals surface area contributed by atoms with Crippen LogP contribution in [0.15, 0.2) is 36.5 Å². The molecular formula is C19H25N3O3. The van der Waals surface area contributed by atoms with Crippen molar-refractivity contribution >= 4 is 12.0 Å². The lowest BCUT2D eigenvalue weighted by Crippen LogP contribution is -2.44. The zero-order chi connectivity index (χ0) is 18.4. The molecular weight excluding hydrogens is 318 g/mol. The van der Waals surface area contributed by atoms with Crippen molar-refractivity contribution in [3.05, 3.63) is 58.9 Å². The molecule has 2 rings (SSSR count). The second-order valence-corrected chi connectivity index (χ2v) is 6.13. The van der Waals surface area contributed by atoms with Gasteiger partial charge < -0.3 is 19.9 Å². The van der Waals surface area contributed by atoms with E-state index in [1.165, 1.54) is 23.8 Å². The first-order valence-electron chi connectivity index (χ1n) is 8.23. The van der Waals surface area contributed by atoms with Gasteiger partial charge >= 0.3 is 12.0 Å². The van der Waals surface area contributed by atoms with Crippen LogP contribution in [0.5, 0.6) is 0 Å². The average Bonchev–Trinajstić information content (AvgIpc) is 3.02. The van der Waals surface area contributed by atoms with Crippen molar-refractivity contribution in [2.75, 3.05) is 7.11 Å². The molecule has 0 saturated carbocycles. The van der Waals surface area contributed by atoms with Crippen LogP contribution in [0.3, 0.4) is 0 Å². The number of nitrogens with one attached hydrogen (secondary N) is 2. The lowest BCUT2D eigenvalue weighted by molar-refractivity contribution is -0.142. The molecule has 6 nitrogen and oxygen atoms in total. The van der Waals surface area contributed by atoms with E-state index in [9.17, 15) is 9.59 Å². The van der Waals surface area contributed by atoms with Gasteiger partial charge in [0.15, 0.2) is 0 Å². The smallest absolute Gasteiger partial charge is 0.328 e. The Labute approximate surface area is 148 Å². The van der Waals surface area contributed by atoms with E-state index in [-0.39, 0.29) is 0 Å². The number of hydrogen-bond acceptors (Lipinski definition) is 3. The topological polar surface area (TPSA) is 72.4 Å². The first-order valence-corrected chi connectivity index (χ1v) is 8.23. The summed E-state index contributed by atoms with van der Waals surface area (Å²) >= 11 is 0. The molecule has 0 spiro atoms. The second kappa shape index (κ2) is 8.37. The predicted molar refractivity (Wildman–Crippen MR) is 96.3 cm³/mol. The Balaban J connectivity index is 1.96. The summed E-state index contributed by atoms with van der Waals surface area (Å²) in [6.07, 6.45) is 1.99. The highest BCUT2D eigenvalue weighted by atomic mass is 16.5. The summed E-state index contributed by atoms with van der Waals surface area (Å²) in [5.41, 5.74) is 4.70. The van der Waals surface area contributed by atoms with Gasteiger partial charge in [0.1, 0.15) is 6.04 Å². The van der Waals surface area contributed by atoms with Gasteiger partial charge in [-0.1, -0.05) is 23.8 Å².